The summed E-state index contributed by atoms with van der Waals surface area (Å²) in [5.74, 6) is -0.976. The standard InChI is InChI=1S/C17H16F4N4O3/c18-12-7-25(8-13(12)26)16(27)10-3-11(6-23-5-10)28-15-2-9(4-22)1-14(24-15)17(19,20)21/h1-3,5-6,12-13,26H,4,7-8,22H2/t12-,13-/m1/s1. The molecule has 0 spiro atoms. The quantitative estimate of drug-likeness (QED) is 0.761. The Morgan fingerprint density at radius 1 is 1.29 bits per heavy atom. The highest BCUT2D eigenvalue weighted by molar-refractivity contribution is 5.94. The fourth-order valence-corrected chi connectivity index (χ4v) is 2.68. The average molecular weight is 400 g/mol. The zero-order valence-corrected chi connectivity index (χ0v) is 14.4. The molecule has 0 aromatic carbocycles. The van der Waals surface area contributed by atoms with Gasteiger partial charge in [-0.25, -0.2) is 9.37 Å². The van der Waals surface area contributed by atoms with Gasteiger partial charge in [0.05, 0.1) is 18.3 Å². The van der Waals surface area contributed by atoms with E-state index in [1.807, 2.05) is 0 Å². The third kappa shape index (κ3) is 4.37. The van der Waals surface area contributed by atoms with E-state index in [1.54, 1.807) is 0 Å². The molecular weight excluding hydrogens is 384 g/mol. The second-order valence-corrected chi connectivity index (χ2v) is 6.21. The molecule has 28 heavy (non-hydrogen) atoms. The van der Waals surface area contributed by atoms with Gasteiger partial charge in [-0.1, -0.05) is 0 Å². The van der Waals surface area contributed by atoms with Crippen molar-refractivity contribution in [2.75, 3.05) is 13.1 Å². The van der Waals surface area contributed by atoms with Crippen LogP contribution in [0, 0.1) is 0 Å². The molecule has 7 nitrogen and oxygen atoms in total. The minimum absolute atomic E-state index is 0.0304. The van der Waals surface area contributed by atoms with Crippen molar-refractivity contribution in [2.45, 2.75) is 25.0 Å². The fourth-order valence-electron chi connectivity index (χ4n) is 2.68. The molecule has 2 atom stereocenters. The summed E-state index contributed by atoms with van der Waals surface area (Å²) in [6.07, 6.45) is -5.09. The van der Waals surface area contributed by atoms with E-state index >= 15 is 0 Å². The van der Waals surface area contributed by atoms with Gasteiger partial charge in [0, 0.05) is 25.4 Å². The van der Waals surface area contributed by atoms with E-state index in [0.29, 0.717) is 0 Å². The van der Waals surface area contributed by atoms with E-state index in [1.165, 1.54) is 24.5 Å². The van der Waals surface area contributed by atoms with Crippen LogP contribution in [-0.2, 0) is 12.7 Å². The topological polar surface area (TPSA) is 102 Å². The molecule has 0 aliphatic carbocycles. The van der Waals surface area contributed by atoms with Crippen LogP contribution in [0.3, 0.4) is 0 Å². The molecule has 11 heteroatoms. The molecule has 3 rings (SSSR count). The van der Waals surface area contributed by atoms with Crippen molar-refractivity contribution in [3.63, 3.8) is 0 Å². The summed E-state index contributed by atoms with van der Waals surface area (Å²) in [6.45, 7) is -0.583. The number of aliphatic hydroxyl groups is 1. The van der Waals surface area contributed by atoms with Crippen LogP contribution >= 0.6 is 0 Å². The summed E-state index contributed by atoms with van der Waals surface area (Å²) in [5, 5.41) is 9.43. The summed E-state index contributed by atoms with van der Waals surface area (Å²) >= 11 is 0. The van der Waals surface area contributed by atoms with Crippen molar-refractivity contribution in [3.8, 4) is 11.6 Å². The predicted molar refractivity (Wildman–Crippen MR) is 88.2 cm³/mol. The Morgan fingerprint density at radius 3 is 2.64 bits per heavy atom. The number of nitrogens with zero attached hydrogens (tertiary/aromatic N) is 3. The first-order valence-corrected chi connectivity index (χ1v) is 8.20. The van der Waals surface area contributed by atoms with Crippen molar-refractivity contribution < 1.29 is 32.2 Å². The molecule has 150 valence electrons. The number of halogens is 4. The monoisotopic (exact) mass is 400 g/mol. The van der Waals surface area contributed by atoms with E-state index in [4.69, 9.17) is 10.5 Å². The smallest absolute Gasteiger partial charge is 0.433 e. The van der Waals surface area contributed by atoms with Gasteiger partial charge >= 0.3 is 6.18 Å². The Morgan fingerprint density at radius 2 is 2.04 bits per heavy atom. The Balaban J connectivity index is 1.83. The van der Waals surface area contributed by atoms with Crippen LogP contribution in [0.25, 0.3) is 0 Å². The number of likely N-dealkylation sites (tertiary alicyclic amines) is 1. The van der Waals surface area contributed by atoms with E-state index in [-0.39, 0.29) is 42.4 Å². The second kappa shape index (κ2) is 7.68. The first kappa shape index (κ1) is 20.0. The van der Waals surface area contributed by atoms with E-state index in [2.05, 4.69) is 9.97 Å². The molecule has 0 radical (unpaired) electrons. The number of aliphatic hydroxyl groups excluding tert-OH is 1. The number of carbonyl (C=O) groups is 1. The van der Waals surface area contributed by atoms with Gasteiger partial charge in [0.15, 0.2) is 0 Å². The number of β-amino-alcohol motifs (C(OH)–C–C–N with tert-alkyl or cyclic N) is 1. The lowest BCUT2D eigenvalue weighted by atomic mass is 10.2. The number of amides is 1. The van der Waals surface area contributed by atoms with Crippen molar-refractivity contribution in [3.05, 3.63) is 47.4 Å². The Hall–Kier alpha value is -2.79. The summed E-state index contributed by atoms with van der Waals surface area (Å²) in [4.78, 5) is 20.7. The lowest BCUT2D eigenvalue weighted by Crippen LogP contribution is -2.29. The van der Waals surface area contributed by atoms with Gasteiger partial charge in [-0.15, -0.1) is 0 Å². The van der Waals surface area contributed by atoms with Crippen molar-refractivity contribution in [1.29, 1.82) is 0 Å². The zero-order chi connectivity index (χ0) is 20.5. The van der Waals surface area contributed by atoms with Gasteiger partial charge in [-0.3, -0.25) is 9.78 Å². The highest BCUT2D eigenvalue weighted by atomic mass is 19.4. The Labute approximate surface area is 156 Å². The molecule has 1 amide bonds. The Kier molecular flexibility index (Phi) is 5.47. The fraction of sp³-hybridized carbons (Fsp3) is 0.353. The maximum absolute atomic E-state index is 13.4. The van der Waals surface area contributed by atoms with Crippen molar-refractivity contribution in [1.82, 2.24) is 14.9 Å². The lowest BCUT2D eigenvalue weighted by molar-refractivity contribution is -0.141. The third-order valence-electron chi connectivity index (χ3n) is 4.08. The number of rotatable bonds is 4. The Bertz CT molecular complexity index is 868. The molecule has 3 N–H and O–H groups in total. The molecular formula is C17H16F4N4O3. The van der Waals surface area contributed by atoms with Gasteiger partial charge in [-0.05, 0) is 17.7 Å². The van der Waals surface area contributed by atoms with E-state index < -0.39 is 30.1 Å². The number of hydrogen-bond acceptors (Lipinski definition) is 6. The maximum atomic E-state index is 13.4. The number of aromatic nitrogens is 2. The average Bonchev–Trinajstić information content (AvgIpc) is 2.99. The molecule has 0 bridgehead atoms. The molecule has 1 aliphatic heterocycles. The first-order chi connectivity index (χ1) is 13.2. The number of nitrogens with two attached hydrogens (primary N) is 1. The lowest BCUT2D eigenvalue weighted by Gasteiger charge is -2.15. The summed E-state index contributed by atoms with van der Waals surface area (Å²) in [7, 11) is 0. The van der Waals surface area contributed by atoms with Crippen molar-refractivity contribution >= 4 is 5.91 Å². The largest absolute Gasteiger partial charge is 0.437 e. The number of pyridine rings is 2. The van der Waals surface area contributed by atoms with E-state index in [9.17, 15) is 27.5 Å². The summed E-state index contributed by atoms with van der Waals surface area (Å²) < 4.78 is 57.6. The predicted octanol–water partition coefficient (Wildman–Crippen LogP) is 1.90. The van der Waals surface area contributed by atoms with Gasteiger partial charge in [0.25, 0.3) is 5.91 Å². The molecule has 0 unspecified atom stereocenters. The van der Waals surface area contributed by atoms with Crippen LogP contribution in [0.1, 0.15) is 21.6 Å². The van der Waals surface area contributed by atoms with Gasteiger partial charge < -0.3 is 20.5 Å². The van der Waals surface area contributed by atoms with Crippen LogP contribution in [0.2, 0.25) is 0 Å². The normalized spacial score (nSPS) is 19.7. The SMILES string of the molecule is NCc1cc(Oc2cncc(C(=O)N3C[C@@H](O)[C@H](F)C3)c2)nc(C(F)(F)F)c1. The number of ether oxygens (including phenoxy) is 1. The second-order valence-electron chi connectivity index (χ2n) is 6.21. The molecule has 1 saturated heterocycles. The molecule has 1 aliphatic rings. The van der Waals surface area contributed by atoms with Crippen LogP contribution in [0.4, 0.5) is 17.6 Å². The van der Waals surface area contributed by atoms with Crippen molar-refractivity contribution in [2.24, 2.45) is 5.73 Å². The molecule has 1 fully saturated rings. The maximum Gasteiger partial charge on any atom is 0.433 e. The molecule has 3 heterocycles. The number of hydrogen-bond donors (Lipinski definition) is 2. The third-order valence-corrected chi connectivity index (χ3v) is 4.08. The summed E-state index contributed by atoms with van der Waals surface area (Å²) in [5.41, 5.74) is 4.45. The molecule has 2 aromatic heterocycles. The van der Waals surface area contributed by atoms with Crippen LogP contribution in [0.5, 0.6) is 11.6 Å². The minimum atomic E-state index is -4.68. The van der Waals surface area contributed by atoms with Gasteiger partial charge in [0.2, 0.25) is 5.88 Å². The van der Waals surface area contributed by atoms with Crippen LogP contribution in [-0.4, -0.2) is 51.2 Å². The van der Waals surface area contributed by atoms with Gasteiger partial charge in [-0.2, -0.15) is 13.2 Å². The minimum Gasteiger partial charge on any atom is -0.437 e. The van der Waals surface area contributed by atoms with Gasteiger partial charge in [0.1, 0.15) is 23.7 Å². The number of carbonyl (C=O) groups excluding carboxylic acids is 1. The molecule has 0 saturated carbocycles. The first-order valence-electron chi connectivity index (χ1n) is 8.20. The summed E-state index contributed by atoms with van der Waals surface area (Å²) in [6, 6.07) is 3.31. The van der Waals surface area contributed by atoms with E-state index in [0.717, 1.165) is 11.0 Å². The number of alkyl halides is 4. The highest BCUT2D eigenvalue weighted by Crippen LogP contribution is 2.31. The highest BCUT2D eigenvalue weighted by Gasteiger charge is 2.35. The zero-order valence-electron chi connectivity index (χ0n) is 14.4. The van der Waals surface area contributed by atoms with Crippen LogP contribution < -0.4 is 10.5 Å². The molecule has 2 aromatic rings. The van der Waals surface area contributed by atoms with Crippen LogP contribution in [0.15, 0.2) is 30.6 Å².